The van der Waals surface area contributed by atoms with Crippen LogP contribution in [0.5, 0.6) is 0 Å². The first-order valence-corrected chi connectivity index (χ1v) is 4.70. The number of rotatable bonds is 8. The van der Waals surface area contributed by atoms with Crippen LogP contribution in [0.1, 0.15) is 6.42 Å². The van der Waals surface area contributed by atoms with Gasteiger partial charge in [-0.15, -0.1) is 0 Å². The molecule has 84 valence electrons. The van der Waals surface area contributed by atoms with Crippen molar-refractivity contribution in [1.29, 1.82) is 0 Å². The highest BCUT2D eigenvalue weighted by Crippen LogP contribution is 1.98. The van der Waals surface area contributed by atoms with Crippen LogP contribution < -0.4 is 5.32 Å². The zero-order valence-electron chi connectivity index (χ0n) is 9.12. The van der Waals surface area contributed by atoms with Gasteiger partial charge in [0.15, 0.2) is 0 Å². The summed E-state index contributed by atoms with van der Waals surface area (Å²) in [6.45, 7) is 1.87. The molecule has 0 aliphatic carbocycles. The molecule has 0 saturated carbocycles. The number of hydrogen-bond donors (Lipinski definition) is 2. The maximum absolute atomic E-state index is 10.8. The van der Waals surface area contributed by atoms with E-state index in [0.29, 0.717) is 0 Å². The van der Waals surface area contributed by atoms with Crippen LogP contribution in [0, 0.1) is 0 Å². The van der Waals surface area contributed by atoms with E-state index in [0.717, 1.165) is 19.5 Å². The van der Waals surface area contributed by atoms with E-state index in [1.807, 2.05) is 7.05 Å². The summed E-state index contributed by atoms with van der Waals surface area (Å²) in [4.78, 5) is 12.6. The van der Waals surface area contributed by atoms with E-state index in [1.165, 1.54) is 7.11 Å². The quantitative estimate of drug-likeness (QED) is 0.528. The van der Waals surface area contributed by atoms with Crippen LogP contribution in [-0.4, -0.2) is 62.9 Å². The van der Waals surface area contributed by atoms with Crippen LogP contribution >= 0.6 is 0 Å². The number of hydrogen-bond acceptors (Lipinski definition) is 4. The van der Waals surface area contributed by atoms with Crippen LogP contribution in [0.3, 0.4) is 0 Å². The molecule has 5 nitrogen and oxygen atoms in total. The number of likely N-dealkylation sites (N-methyl/N-ethyl adjacent to an activating group) is 1. The van der Waals surface area contributed by atoms with E-state index in [1.54, 1.807) is 11.9 Å². The van der Waals surface area contributed by atoms with E-state index in [4.69, 9.17) is 9.84 Å². The predicted octanol–water partition coefficient (Wildman–Crippen LogP) is -0.373. The second kappa shape index (κ2) is 7.73. The number of nitrogens with one attached hydrogen (secondary N) is 1. The summed E-state index contributed by atoms with van der Waals surface area (Å²) in [6.07, 6.45) is 0.931. The highest BCUT2D eigenvalue weighted by Gasteiger charge is 2.21. The van der Waals surface area contributed by atoms with Gasteiger partial charge in [0.05, 0.1) is 6.61 Å². The molecule has 1 atom stereocenters. The molecule has 0 bridgehead atoms. The van der Waals surface area contributed by atoms with Crippen LogP contribution in [0.25, 0.3) is 0 Å². The summed E-state index contributed by atoms with van der Waals surface area (Å²) < 4.78 is 4.85. The zero-order chi connectivity index (χ0) is 11.0. The maximum Gasteiger partial charge on any atom is 0.323 e. The van der Waals surface area contributed by atoms with E-state index < -0.39 is 12.0 Å². The lowest BCUT2D eigenvalue weighted by molar-refractivity contribution is -0.144. The molecule has 14 heavy (non-hydrogen) atoms. The minimum absolute atomic E-state index is 0.228. The van der Waals surface area contributed by atoms with Gasteiger partial charge in [-0.05, 0) is 33.6 Å². The average molecular weight is 204 g/mol. The van der Waals surface area contributed by atoms with Crippen molar-refractivity contribution in [3.05, 3.63) is 0 Å². The lowest BCUT2D eigenvalue weighted by Crippen LogP contribution is -2.42. The largest absolute Gasteiger partial charge is 0.480 e. The topological polar surface area (TPSA) is 61.8 Å². The molecule has 0 aliphatic heterocycles. The monoisotopic (exact) mass is 204 g/mol. The summed E-state index contributed by atoms with van der Waals surface area (Å²) in [5.74, 6) is -0.834. The molecule has 0 heterocycles. The second-order valence-corrected chi connectivity index (χ2v) is 3.25. The zero-order valence-corrected chi connectivity index (χ0v) is 9.12. The molecule has 1 unspecified atom stereocenters. The Labute approximate surface area is 85.0 Å². The second-order valence-electron chi connectivity index (χ2n) is 3.25. The number of methoxy groups -OCH3 is 1. The van der Waals surface area contributed by atoms with Crippen molar-refractivity contribution in [3.63, 3.8) is 0 Å². The Bertz CT molecular complexity index is 164. The summed E-state index contributed by atoms with van der Waals surface area (Å²) in [7, 11) is 5.19. The predicted molar refractivity (Wildman–Crippen MR) is 54.5 cm³/mol. The molecule has 0 aromatic heterocycles. The van der Waals surface area contributed by atoms with Crippen LogP contribution in [0.2, 0.25) is 0 Å². The number of carbonyl (C=O) groups is 1. The molecule has 0 aromatic carbocycles. The summed E-state index contributed by atoms with van der Waals surface area (Å²) in [5, 5.41) is 11.9. The van der Waals surface area contributed by atoms with Gasteiger partial charge in [-0.25, -0.2) is 0 Å². The van der Waals surface area contributed by atoms with Gasteiger partial charge >= 0.3 is 5.97 Å². The van der Waals surface area contributed by atoms with Crippen LogP contribution in [0.15, 0.2) is 0 Å². The third-order valence-corrected chi connectivity index (χ3v) is 2.08. The Hall–Kier alpha value is -0.650. The first kappa shape index (κ1) is 13.4. The normalized spacial score (nSPS) is 13.1. The maximum atomic E-state index is 10.8. The fraction of sp³-hybridized carbons (Fsp3) is 0.889. The smallest absolute Gasteiger partial charge is 0.323 e. The average Bonchev–Trinajstić information content (AvgIpc) is 2.13. The first-order chi connectivity index (χ1) is 6.63. The number of carboxylic acid groups (broad SMARTS) is 1. The standard InChI is InChI=1S/C9H20N2O3/c1-10-5-4-6-11(2)8(7-14-3)9(12)13/h8,10H,4-7H2,1-3H3,(H,12,13). The van der Waals surface area contributed by atoms with Crippen molar-refractivity contribution < 1.29 is 14.6 Å². The van der Waals surface area contributed by atoms with Gasteiger partial charge in [-0.1, -0.05) is 0 Å². The highest BCUT2D eigenvalue weighted by atomic mass is 16.5. The fourth-order valence-electron chi connectivity index (χ4n) is 1.21. The number of carboxylic acids is 1. The summed E-state index contributed by atoms with van der Waals surface area (Å²) in [6, 6.07) is -0.545. The van der Waals surface area contributed by atoms with Crippen molar-refractivity contribution in [3.8, 4) is 0 Å². The Kier molecular flexibility index (Phi) is 7.37. The fourth-order valence-corrected chi connectivity index (χ4v) is 1.21. The molecular formula is C9H20N2O3. The molecule has 0 saturated heterocycles. The molecule has 5 heteroatoms. The minimum atomic E-state index is -0.834. The van der Waals surface area contributed by atoms with Crippen molar-refractivity contribution in [2.75, 3.05) is 40.9 Å². The van der Waals surface area contributed by atoms with Crippen molar-refractivity contribution in [2.24, 2.45) is 0 Å². The summed E-state index contributed by atoms with van der Waals surface area (Å²) >= 11 is 0. The van der Waals surface area contributed by atoms with Crippen molar-refractivity contribution in [1.82, 2.24) is 10.2 Å². The van der Waals surface area contributed by atoms with Crippen LogP contribution in [-0.2, 0) is 9.53 Å². The third kappa shape index (κ3) is 5.16. The van der Waals surface area contributed by atoms with Crippen molar-refractivity contribution >= 4 is 5.97 Å². The summed E-state index contributed by atoms with van der Waals surface area (Å²) in [5.41, 5.74) is 0. The Morgan fingerprint density at radius 1 is 1.64 bits per heavy atom. The number of ether oxygens (including phenoxy) is 1. The van der Waals surface area contributed by atoms with Gasteiger partial charge < -0.3 is 15.2 Å². The lowest BCUT2D eigenvalue weighted by atomic mass is 10.2. The molecular weight excluding hydrogens is 184 g/mol. The van der Waals surface area contributed by atoms with Gasteiger partial charge in [0.25, 0.3) is 0 Å². The molecule has 0 fully saturated rings. The van der Waals surface area contributed by atoms with Crippen LogP contribution in [0.4, 0.5) is 0 Å². The Morgan fingerprint density at radius 2 is 2.29 bits per heavy atom. The molecule has 2 N–H and O–H groups in total. The SMILES string of the molecule is CNCCCN(C)C(COC)C(=O)O. The lowest BCUT2D eigenvalue weighted by Gasteiger charge is -2.23. The Morgan fingerprint density at radius 3 is 2.71 bits per heavy atom. The molecule has 0 amide bonds. The van der Waals surface area contributed by atoms with Crippen molar-refractivity contribution in [2.45, 2.75) is 12.5 Å². The van der Waals surface area contributed by atoms with E-state index in [9.17, 15) is 4.79 Å². The van der Waals surface area contributed by atoms with Gasteiger partial charge in [-0.2, -0.15) is 0 Å². The van der Waals surface area contributed by atoms with E-state index in [-0.39, 0.29) is 6.61 Å². The van der Waals surface area contributed by atoms with E-state index >= 15 is 0 Å². The van der Waals surface area contributed by atoms with Gasteiger partial charge in [0.1, 0.15) is 6.04 Å². The molecule has 0 radical (unpaired) electrons. The molecule has 0 aliphatic rings. The van der Waals surface area contributed by atoms with Gasteiger partial charge in [-0.3, -0.25) is 9.69 Å². The van der Waals surface area contributed by atoms with Gasteiger partial charge in [0, 0.05) is 7.11 Å². The Balaban J connectivity index is 3.88. The van der Waals surface area contributed by atoms with Gasteiger partial charge in [0.2, 0.25) is 0 Å². The minimum Gasteiger partial charge on any atom is -0.480 e. The van der Waals surface area contributed by atoms with E-state index in [2.05, 4.69) is 5.32 Å². The first-order valence-electron chi connectivity index (χ1n) is 4.70. The number of nitrogens with zero attached hydrogens (tertiary/aromatic N) is 1. The molecule has 0 aromatic rings. The highest BCUT2D eigenvalue weighted by molar-refractivity contribution is 5.73. The third-order valence-electron chi connectivity index (χ3n) is 2.08. The molecule has 0 spiro atoms. The number of aliphatic carboxylic acids is 1. The molecule has 0 rings (SSSR count).